The molecule has 1 unspecified atom stereocenters. The SMILES string of the molecule is O=C(/C=C/c1c(F)cccc1F)N(Cc1cccs1)CC1CCCO1. The number of amides is 1. The van der Waals surface area contributed by atoms with Gasteiger partial charge in [-0.3, -0.25) is 4.79 Å². The van der Waals surface area contributed by atoms with Crippen LogP contribution in [0.1, 0.15) is 23.3 Å². The molecule has 132 valence electrons. The Morgan fingerprint density at radius 1 is 1.28 bits per heavy atom. The number of hydrogen-bond donors (Lipinski definition) is 0. The average molecular weight is 363 g/mol. The van der Waals surface area contributed by atoms with Crippen LogP contribution in [0.25, 0.3) is 6.08 Å². The van der Waals surface area contributed by atoms with Crippen LogP contribution in [0.5, 0.6) is 0 Å². The van der Waals surface area contributed by atoms with Crippen LogP contribution in [0.2, 0.25) is 0 Å². The lowest BCUT2D eigenvalue weighted by Crippen LogP contribution is -2.35. The minimum Gasteiger partial charge on any atom is -0.376 e. The Morgan fingerprint density at radius 2 is 2.08 bits per heavy atom. The molecule has 25 heavy (non-hydrogen) atoms. The Labute approximate surface area is 149 Å². The van der Waals surface area contributed by atoms with E-state index in [0.717, 1.165) is 17.7 Å². The first-order valence-electron chi connectivity index (χ1n) is 8.18. The van der Waals surface area contributed by atoms with Crippen LogP contribution in [0, 0.1) is 11.6 Å². The van der Waals surface area contributed by atoms with Gasteiger partial charge in [-0.25, -0.2) is 8.78 Å². The van der Waals surface area contributed by atoms with E-state index in [2.05, 4.69) is 0 Å². The highest BCUT2D eigenvalue weighted by Gasteiger charge is 2.22. The summed E-state index contributed by atoms with van der Waals surface area (Å²) in [6, 6.07) is 7.52. The van der Waals surface area contributed by atoms with Gasteiger partial charge in [-0.05, 0) is 42.5 Å². The Balaban J connectivity index is 1.74. The number of carbonyl (C=O) groups excluding carboxylic acids is 1. The molecular formula is C19H19F2NO2S. The third-order valence-corrected chi connectivity index (χ3v) is 4.94. The van der Waals surface area contributed by atoms with Crippen molar-refractivity contribution in [3.05, 3.63) is 63.9 Å². The van der Waals surface area contributed by atoms with Crippen molar-refractivity contribution >= 4 is 23.3 Å². The predicted molar refractivity (Wildman–Crippen MR) is 94.1 cm³/mol. The number of thiophene rings is 1. The van der Waals surface area contributed by atoms with Gasteiger partial charge in [0, 0.05) is 29.7 Å². The fourth-order valence-corrected chi connectivity index (χ4v) is 3.51. The van der Waals surface area contributed by atoms with Crippen molar-refractivity contribution < 1.29 is 18.3 Å². The first-order chi connectivity index (χ1) is 12.1. The van der Waals surface area contributed by atoms with E-state index in [9.17, 15) is 13.6 Å². The Hall–Kier alpha value is -2.05. The molecule has 6 heteroatoms. The topological polar surface area (TPSA) is 29.5 Å². The van der Waals surface area contributed by atoms with E-state index in [0.29, 0.717) is 19.7 Å². The highest BCUT2D eigenvalue weighted by Crippen LogP contribution is 2.19. The van der Waals surface area contributed by atoms with Crippen molar-refractivity contribution in [2.24, 2.45) is 0 Å². The summed E-state index contributed by atoms with van der Waals surface area (Å²) in [4.78, 5) is 15.3. The Morgan fingerprint density at radius 3 is 2.72 bits per heavy atom. The maximum atomic E-state index is 13.7. The van der Waals surface area contributed by atoms with E-state index in [1.54, 1.807) is 16.2 Å². The molecule has 1 amide bonds. The number of ether oxygens (including phenoxy) is 1. The number of nitrogens with zero attached hydrogens (tertiary/aromatic N) is 1. The summed E-state index contributed by atoms with van der Waals surface area (Å²) in [5, 5.41) is 1.95. The minimum atomic E-state index is -0.687. The normalized spacial score (nSPS) is 17.3. The van der Waals surface area contributed by atoms with Gasteiger partial charge in [0.25, 0.3) is 0 Å². The molecule has 0 N–H and O–H groups in total. The summed E-state index contributed by atoms with van der Waals surface area (Å²) in [6.45, 7) is 1.64. The van der Waals surface area contributed by atoms with Crippen molar-refractivity contribution in [1.82, 2.24) is 4.90 Å². The zero-order valence-corrected chi connectivity index (χ0v) is 14.5. The summed E-state index contributed by atoms with van der Waals surface area (Å²) < 4.78 is 33.0. The van der Waals surface area contributed by atoms with Crippen molar-refractivity contribution in [2.75, 3.05) is 13.2 Å². The number of rotatable bonds is 6. The summed E-state index contributed by atoms with van der Waals surface area (Å²) in [5.41, 5.74) is -0.205. The van der Waals surface area contributed by atoms with Gasteiger partial charge in [0.15, 0.2) is 0 Å². The van der Waals surface area contributed by atoms with Gasteiger partial charge in [-0.15, -0.1) is 11.3 Å². The number of halogens is 2. The molecule has 0 radical (unpaired) electrons. The van der Waals surface area contributed by atoms with E-state index in [-0.39, 0.29) is 17.6 Å². The third kappa shape index (κ3) is 4.74. The van der Waals surface area contributed by atoms with Crippen LogP contribution in [-0.4, -0.2) is 30.1 Å². The molecule has 3 nitrogen and oxygen atoms in total. The van der Waals surface area contributed by atoms with Crippen LogP contribution >= 0.6 is 11.3 Å². The zero-order chi connectivity index (χ0) is 17.6. The number of hydrogen-bond acceptors (Lipinski definition) is 3. The van der Waals surface area contributed by atoms with Crippen LogP contribution in [0.3, 0.4) is 0 Å². The molecule has 0 spiro atoms. The van der Waals surface area contributed by atoms with Gasteiger partial charge < -0.3 is 9.64 Å². The summed E-state index contributed by atoms with van der Waals surface area (Å²) >= 11 is 1.57. The van der Waals surface area contributed by atoms with Crippen molar-refractivity contribution in [2.45, 2.75) is 25.5 Å². The zero-order valence-electron chi connectivity index (χ0n) is 13.7. The van der Waals surface area contributed by atoms with E-state index >= 15 is 0 Å². The summed E-state index contributed by atoms with van der Waals surface area (Å²) in [7, 11) is 0. The second kappa shape index (κ2) is 8.36. The fourth-order valence-electron chi connectivity index (χ4n) is 2.79. The maximum absolute atomic E-state index is 13.7. The quantitative estimate of drug-likeness (QED) is 0.718. The summed E-state index contributed by atoms with van der Waals surface area (Å²) in [6.07, 6.45) is 4.35. The molecule has 2 heterocycles. The molecule has 1 aliphatic heterocycles. The maximum Gasteiger partial charge on any atom is 0.246 e. The molecule has 1 atom stereocenters. The van der Waals surface area contributed by atoms with Gasteiger partial charge in [0.1, 0.15) is 11.6 Å². The second-order valence-corrected chi connectivity index (χ2v) is 6.93. The molecule has 2 aromatic rings. The third-order valence-electron chi connectivity index (χ3n) is 4.08. The standard InChI is InChI=1S/C19H19F2NO2S/c20-17-6-1-7-18(21)16(17)8-9-19(23)22(12-14-4-2-10-24-14)13-15-5-3-11-25-15/h1,3,5-9,11,14H,2,4,10,12-13H2/b9-8+. The van der Waals surface area contributed by atoms with Crippen LogP contribution in [-0.2, 0) is 16.1 Å². The number of benzene rings is 1. The van der Waals surface area contributed by atoms with Gasteiger partial charge >= 0.3 is 0 Å². The molecule has 3 rings (SSSR count). The first kappa shape index (κ1) is 17.8. The van der Waals surface area contributed by atoms with Crippen molar-refractivity contribution in [1.29, 1.82) is 0 Å². The van der Waals surface area contributed by atoms with Crippen molar-refractivity contribution in [3.63, 3.8) is 0 Å². The molecule has 1 aliphatic rings. The molecular weight excluding hydrogens is 344 g/mol. The van der Waals surface area contributed by atoms with Gasteiger partial charge in [0.05, 0.1) is 12.6 Å². The molecule has 0 saturated carbocycles. The fraction of sp³-hybridized carbons (Fsp3) is 0.316. The number of carbonyl (C=O) groups is 1. The Bertz CT molecular complexity index is 720. The minimum absolute atomic E-state index is 0.0162. The Kier molecular flexibility index (Phi) is 5.94. The van der Waals surface area contributed by atoms with E-state index < -0.39 is 11.6 Å². The van der Waals surface area contributed by atoms with Gasteiger partial charge in [-0.2, -0.15) is 0 Å². The molecule has 0 bridgehead atoms. The van der Waals surface area contributed by atoms with Gasteiger partial charge in [-0.1, -0.05) is 12.1 Å². The molecule has 1 aromatic heterocycles. The van der Waals surface area contributed by atoms with Crippen LogP contribution < -0.4 is 0 Å². The molecule has 0 aliphatic carbocycles. The van der Waals surface area contributed by atoms with Crippen molar-refractivity contribution in [3.8, 4) is 0 Å². The second-order valence-electron chi connectivity index (χ2n) is 5.90. The lowest BCUT2D eigenvalue weighted by Gasteiger charge is -2.23. The average Bonchev–Trinajstić information content (AvgIpc) is 3.27. The largest absolute Gasteiger partial charge is 0.376 e. The van der Waals surface area contributed by atoms with Gasteiger partial charge in [0.2, 0.25) is 5.91 Å². The molecule has 1 fully saturated rings. The van der Waals surface area contributed by atoms with E-state index in [1.165, 1.54) is 30.4 Å². The molecule has 1 aromatic carbocycles. The molecule has 1 saturated heterocycles. The summed E-state index contributed by atoms with van der Waals surface area (Å²) in [5.74, 6) is -1.66. The highest BCUT2D eigenvalue weighted by molar-refractivity contribution is 7.09. The predicted octanol–water partition coefficient (Wildman–Crippen LogP) is 4.25. The van der Waals surface area contributed by atoms with Crippen LogP contribution in [0.4, 0.5) is 8.78 Å². The lowest BCUT2D eigenvalue weighted by molar-refractivity contribution is -0.128. The van der Waals surface area contributed by atoms with Crippen LogP contribution in [0.15, 0.2) is 41.8 Å². The lowest BCUT2D eigenvalue weighted by atomic mass is 10.1. The van der Waals surface area contributed by atoms with E-state index in [1.807, 2.05) is 17.5 Å². The monoisotopic (exact) mass is 363 g/mol. The smallest absolute Gasteiger partial charge is 0.246 e. The first-order valence-corrected chi connectivity index (χ1v) is 9.06. The highest BCUT2D eigenvalue weighted by atomic mass is 32.1. The van der Waals surface area contributed by atoms with E-state index in [4.69, 9.17) is 4.74 Å².